The molecule has 182 valence electrons. The molecule has 8 heteroatoms. The molecule has 8 nitrogen and oxygen atoms in total. The molecule has 1 N–H and O–H groups in total. The zero-order chi connectivity index (χ0) is 24.7. The summed E-state index contributed by atoms with van der Waals surface area (Å²) in [6.45, 7) is 5.20. The minimum absolute atomic E-state index is 0.0856. The predicted octanol–water partition coefficient (Wildman–Crippen LogP) is 3.21. The van der Waals surface area contributed by atoms with Crippen LogP contribution in [0.2, 0.25) is 0 Å². The Morgan fingerprint density at radius 3 is 2.51 bits per heavy atom. The number of fused-ring (bicyclic) bond motifs is 2. The topological polar surface area (TPSA) is 96.4 Å². The summed E-state index contributed by atoms with van der Waals surface area (Å²) in [7, 11) is 0. The SMILES string of the molecule is CCOc1ccc(/C(O)=C2\C(=O)C(=O)N(CC3CCCO3)C23C(=O)N(CC)c2ccccc23)cc1. The van der Waals surface area contributed by atoms with Gasteiger partial charge in [0.1, 0.15) is 11.5 Å². The van der Waals surface area contributed by atoms with Crippen LogP contribution in [0.3, 0.4) is 0 Å². The highest BCUT2D eigenvalue weighted by Crippen LogP contribution is 2.53. The zero-order valence-corrected chi connectivity index (χ0v) is 19.8. The third kappa shape index (κ3) is 3.35. The number of hydrogen-bond acceptors (Lipinski definition) is 6. The van der Waals surface area contributed by atoms with Crippen LogP contribution in [0.1, 0.15) is 37.8 Å². The van der Waals surface area contributed by atoms with Crippen LogP contribution < -0.4 is 9.64 Å². The van der Waals surface area contributed by atoms with Gasteiger partial charge in [-0.3, -0.25) is 14.4 Å². The Morgan fingerprint density at radius 1 is 1.11 bits per heavy atom. The van der Waals surface area contributed by atoms with E-state index >= 15 is 0 Å². The maximum Gasteiger partial charge on any atom is 0.296 e. The normalized spacial score (nSPS) is 25.1. The quantitative estimate of drug-likeness (QED) is 0.391. The van der Waals surface area contributed by atoms with E-state index in [1.807, 2.05) is 19.9 Å². The fourth-order valence-corrected chi connectivity index (χ4v) is 5.44. The van der Waals surface area contributed by atoms with Crippen molar-refractivity contribution in [3.05, 3.63) is 65.2 Å². The van der Waals surface area contributed by atoms with Gasteiger partial charge in [-0.1, -0.05) is 18.2 Å². The molecule has 2 fully saturated rings. The number of aliphatic hydroxyl groups is 1. The number of anilines is 1. The number of nitrogens with zero attached hydrogens (tertiary/aromatic N) is 2. The number of para-hydroxylation sites is 1. The van der Waals surface area contributed by atoms with Crippen molar-refractivity contribution in [1.82, 2.24) is 4.90 Å². The predicted molar refractivity (Wildman–Crippen MR) is 129 cm³/mol. The molecular weight excluding hydrogens is 448 g/mol. The molecule has 0 bridgehead atoms. The molecule has 1 spiro atoms. The summed E-state index contributed by atoms with van der Waals surface area (Å²) in [5, 5.41) is 11.5. The lowest BCUT2D eigenvalue weighted by Gasteiger charge is -2.35. The van der Waals surface area contributed by atoms with Gasteiger partial charge in [0.05, 0.1) is 24.0 Å². The van der Waals surface area contributed by atoms with Gasteiger partial charge in [0.15, 0.2) is 5.54 Å². The second-order valence-electron chi connectivity index (χ2n) is 8.84. The van der Waals surface area contributed by atoms with Crippen LogP contribution in [0.5, 0.6) is 5.75 Å². The molecule has 35 heavy (non-hydrogen) atoms. The molecule has 2 unspecified atom stereocenters. The molecule has 2 aromatic rings. The molecule has 0 aliphatic carbocycles. The van der Waals surface area contributed by atoms with Crippen LogP contribution >= 0.6 is 0 Å². The van der Waals surface area contributed by atoms with E-state index in [4.69, 9.17) is 9.47 Å². The Morgan fingerprint density at radius 2 is 1.86 bits per heavy atom. The first-order chi connectivity index (χ1) is 16.9. The summed E-state index contributed by atoms with van der Waals surface area (Å²) >= 11 is 0. The molecule has 2 atom stereocenters. The van der Waals surface area contributed by atoms with E-state index < -0.39 is 23.1 Å². The third-order valence-electron chi connectivity index (χ3n) is 6.97. The maximum absolute atomic E-state index is 14.2. The van der Waals surface area contributed by atoms with Gasteiger partial charge in [-0.25, -0.2) is 0 Å². The zero-order valence-electron chi connectivity index (χ0n) is 19.8. The van der Waals surface area contributed by atoms with E-state index in [2.05, 4.69) is 0 Å². The highest BCUT2D eigenvalue weighted by molar-refractivity contribution is 6.50. The number of benzene rings is 2. The van der Waals surface area contributed by atoms with Crippen LogP contribution in [0.25, 0.3) is 5.76 Å². The second-order valence-corrected chi connectivity index (χ2v) is 8.84. The fraction of sp³-hybridized carbons (Fsp3) is 0.370. The second kappa shape index (κ2) is 8.85. The smallest absolute Gasteiger partial charge is 0.296 e. The largest absolute Gasteiger partial charge is 0.507 e. The fourth-order valence-electron chi connectivity index (χ4n) is 5.44. The summed E-state index contributed by atoms with van der Waals surface area (Å²) in [5.74, 6) is -1.89. The molecule has 3 aliphatic rings. The van der Waals surface area contributed by atoms with Crippen LogP contribution in [0.4, 0.5) is 5.69 Å². The number of Topliss-reactive ketones (excluding diaryl/α,β-unsaturated/α-hetero) is 1. The van der Waals surface area contributed by atoms with Crippen molar-refractivity contribution in [1.29, 1.82) is 0 Å². The van der Waals surface area contributed by atoms with Gasteiger partial charge in [0, 0.05) is 30.8 Å². The lowest BCUT2D eigenvalue weighted by atomic mass is 9.81. The Kier molecular flexibility index (Phi) is 5.84. The first-order valence-electron chi connectivity index (χ1n) is 12.0. The lowest BCUT2D eigenvalue weighted by Crippen LogP contribution is -2.53. The molecule has 0 radical (unpaired) electrons. The molecule has 2 amide bonds. The van der Waals surface area contributed by atoms with Crippen LogP contribution in [-0.2, 0) is 24.7 Å². The number of ether oxygens (including phenoxy) is 2. The molecule has 2 aromatic carbocycles. The number of likely N-dealkylation sites (N-methyl/N-ethyl adjacent to an activating group) is 1. The van der Waals surface area contributed by atoms with Gasteiger partial charge in [-0.2, -0.15) is 0 Å². The summed E-state index contributed by atoms with van der Waals surface area (Å²) in [6, 6.07) is 13.7. The van der Waals surface area contributed by atoms with Crippen LogP contribution in [0, 0.1) is 0 Å². The van der Waals surface area contributed by atoms with Crippen molar-refractivity contribution in [3.8, 4) is 5.75 Å². The van der Waals surface area contributed by atoms with Crippen molar-refractivity contribution in [2.24, 2.45) is 0 Å². The number of carbonyl (C=O) groups excluding carboxylic acids is 3. The van der Waals surface area contributed by atoms with Gasteiger partial charge in [0.25, 0.3) is 17.6 Å². The Labute approximate surface area is 203 Å². The average Bonchev–Trinajstić information content (AvgIpc) is 3.53. The number of carbonyl (C=O) groups is 3. The number of aliphatic hydroxyl groups excluding tert-OH is 1. The standard InChI is InChI=1S/C27H28N2O6/c1-3-28-21-10-6-5-9-20(21)27(26(28)33)22(23(30)17-11-13-18(14-12-17)34-4-2)24(31)25(32)29(27)16-19-8-7-15-35-19/h5-6,9-14,19,30H,3-4,7-8,15-16H2,1-2H3/b23-22-. The monoisotopic (exact) mass is 476 g/mol. The number of hydrogen-bond donors (Lipinski definition) is 1. The van der Waals surface area contributed by atoms with Gasteiger partial charge in [-0.15, -0.1) is 0 Å². The molecule has 3 aliphatic heterocycles. The Hall–Kier alpha value is -3.65. The number of likely N-dealkylation sites (tertiary alicyclic amines) is 1. The molecule has 2 saturated heterocycles. The van der Waals surface area contributed by atoms with E-state index in [0.29, 0.717) is 42.3 Å². The lowest BCUT2D eigenvalue weighted by molar-refractivity contribution is -0.145. The first kappa shape index (κ1) is 23.1. The van der Waals surface area contributed by atoms with E-state index in [9.17, 15) is 19.5 Å². The van der Waals surface area contributed by atoms with Crippen molar-refractivity contribution in [2.75, 3.05) is 31.2 Å². The van der Waals surface area contributed by atoms with E-state index in [-0.39, 0.29) is 24.0 Å². The van der Waals surface area contributed by atoms with Gasteiger partial charge < -0.3 is 24.4 Å². The molecule has 5 rings (SSSR count). The third-order valence-corrected chi connectivity index (χ3v) is 6.97. The average molecular weight is 477 g/mol. The van der Waals surface area contributed by atoms with E-state index in [1.54, 1.807) is 47.4 Å². The number of amides is 2. The van der Waals surface area contributed by atoms with Crippen LogP contribution in [0.15, 0.2) is 54.1 Å². The summed E-state index contributed by atoms with van der Waals surface area (Å²) in [6.07, 6.45) is 1.29. The Bertz CT molecular complexity index is 1210. The van der Waals surface area contributed by atoms with E-state index in [1.165, 1.54) is 4.90 Å². The summed E-state index contributed by atoms with van der Waals surface area (Å²) < 4.78 is 11.3. The molecule has 0 saturated carbocycles. The first-order valence-corrected chi connectivity index (χ1v) is 12.0. The summed E-state index contributed by atoms with van der Waals surface area (Å²) in [4.78, 5) is 44.1. The number of ketones is 1. The van der Waals surface area contributed by atoms with Gasteiger partial charge in [0.2, 0.25) is 0 Å². The van der Waals surface area contributed by atoms with Crippen molar-refractivity contribution in [2.45, 2.75) is 38.3 Å². The molecular formula is C27H28N2O6. The highest BCUT2D eigenvalue weighted by atomic mass is 16.5. The van der Waals surface area contributed by atoms with Gasteiger partial charge in [-0.05, 0) is 57.0 Å². The van der Waals surface area contributed by atoms with Crippen molar-refractivity contribution in [3.63, 3.8) is 0 Å². The summed E-state index contributed by atoms with van der Waals surface area (Å²) in [5.41, 5.74) is -0.510. The highest BCUT2D eigenvalue weighted by Gasteiger charge is 2.67. The molecule has 3 heterocycles. The van der Waals surface area contributed by atoms with Crippen LogP contribution in [-0.4, -0.2) is 60.0 Å². The van der Waals surface area contributed by atoms with Gasteiger partial charge >= 0.3 is 0 Å². The van der Waals surface area contributed by atoms with Crippen molar-refractivity contribution < 1.29 is 29.0 Å². The Balaban J connectivity index is 1.74. The maximum atomic E-state index is 14.2. The number of rotatable bonds is 6. The molecule has 0 aromatic heterocycles. The van der Waals surface area contributed by atoms with Crippen molar-refractivity contribution >= 4 is 29.0 Å². The minimum Gasteiger partial charge on any atom is -0.507 e. The minimum atomic E-state index is -1.75. The van der Waals surface area contributed by atoms with E-state index in [0.717, 1.165) is 12.8 Å².